The molecular weight excluding hydrogens is 646 g/mol. The van der Waals surface area contributed by atoms with E-state index in [4.69, 9.17) is 10.5 Å². The Balaban J connectivity index is 0.000000191. The second-order valence-corrected chi connectivity index (χ2v) is 9.37. The Morgan fingerprint density at radius 2 is 0.882 bits per heavy atom. The summed E-state index contributed by atoms with van der Waals surface area (Å²) in [6, 6.07) is 35.0. The molecule has 0 bridgehead atoms. The first kappa shape index (κ1) is 25.3. The van der Waals surface area contributed by atoms with E-state index in [1.54, 1.807) is 24.6 Å². The van der Waals surface area contributed by atoms with Crippen LogP contribution in [0.1, 0.15) is 22.3 Å². The Morgan fingerprint density at radius 1 is 0.529 bits per heavy atom. The van der Waals surface area contributed by atoms with Gasteiger partial charge in [-0.3, -0.25) is 9.98 Å². The number of hydrogen-bond donors (Lipinski definition) is 0. The smallest absolute Gasteiger partial charge is 0.101 e. The molecule has 0 amide bonds. The lowest BCUT2D eigenvalue weighted by atomic mass is 10.2. The standard InChI is InChI=1S/2C14H9IN2/c2*15-13-7-5-11(6-8-13)10-17-14-4-2-1-3-12(14)9-16/h2*1-8,10H. The van der Waals surface area contributed by atoms with Crippen molar-refractivity contribution in [2.75, 3.05) is 0 Å². The fraction of sp³-hybridized carbons (Fsp3) is 0. The van der Waals surface area contributed by atoms with Crippen LogP contribution < -0.4 is 0 Å². The van der Waals surface area contributed by atoms with E-state index in [1.165, 1.54) is 7.14 Å². The predicted octanol–water partition coefficient (Wildman–Crippen LogP) is 7.83. The van der Waals surface area contributed by atoms with Crippen LogP contribution in [0, 0.1) is 29.8 Å². The summed E-state index contributed by atoms with van der Waals surface area (Å²) < 4.78 is 2.38. The van der Waals surface area contributed by atoms with Gasteiger partial charge in [0.1, 0.15) is 12.1 Å². The van der Waals surface area contributed by atoms with E-state index in [1.807, 2.05) is 84.9 Å². The van der Waals surface area contributed by atoms with Crippen LogP contribution in [0.2, 0.25) is 0 Å². The monoisotopic (exact) mass is 664 g/mol. The second kappa shape index (κ2) is 13.4. The molecule has 4 aromatic rings. The summed E-state index contributed by atoms with van der Waals surface area (Å²) in [4.78, 5) is 8.65. The molecule has 6 heteroatoms. The van der Waals surface area contributed by atoms with Gasteiger partial charge in [0.15, 0.2) is 0 Å². The third-order valence-corrected chi connectivity index (χ3v) is 5.93. The van der Waals surface area contributed by atoms with Gasteiger partial charge < -0.3 is 0 Å². The number of rotatable bonds is 4. The van der Waals surface area contributed by atoms with Gasteiger partial charge in [0, 0.05) is 19.6 Å². The molecule has 4 rings (SSSR count). The molecule has 0 N–H and O–H groups in total. The van der Waals surface area contributed by atoms with Gasteiger partial charge in [0.25, 0.3) is 0 Å². The average molecular weight is 664 g/mol. The van der Waals surface area contributed by atoms with Gasteiger partial charge in [-0.1, -0.05) is 48.5 Å². The normalized spacial score (nSPS) is 10.4. The summed E-state index contributed by atoms with van der Waals surface area (Å²) >= 11 is 4.52. The van der Waals surface area contributed by atoms with Crippen LogP contribution in [0.25, 0.3) is 0 Å². The Kier molecular flexibility index (Phi) is 9.96. The van der Waals surface area contributed by atoms with Crippen LogP contribution in [-0.4, -0.2) is 12.4 Å². The maximum Gasteiger partial charge on any atom is 0.101 e. The third kappa shape index (κ3) is 7.91. The maximum absolute atomic E-state index is 8.93. The summed E-state index contributed by atoms with van der Waals surface area (Å²) in [5, 5.41) is 17.9. The average Bonchev–Trinajstić information content (AvgIpc) is 2.89. The minimum absolute atomic E-state index is 0.592. The molecule has 0 spiro atoms. The molecule has 0 aliphatic carbocycles. The zero-order chi connectivity index (χ0) is 24.2. The van der Waals surface area contributed by atoms with Crippen molar-refractivity contribution >= 4 is 69.0 Å². The molecule has 0 atom stereocenters. The third-order valence-electron chi connectivity index (χ3n) is 4.49. The number of para-hydroxylation sites is 2. The van der Waals surface area contributed by atoms with Gasteiger partial charge >= 0.3 is 0 Å². The van der Waals surface area contributed by atoms with Crippen molar-refractivity contribution in [1.82, 2.24) is 0 Å². The highest BCUT2D eigenvalue weighted by Gasteiger charge is 1.98. The number of nitrogens with zero attached hydrogens (tertiary/aromatic N) is 4. The molecule has 0 saturated heterocycles. The Bertz CT molecular complexity index is 1270. The van der Waals surface area contributed by atoms with Crippen LogP contribution in [0.15, 0.2) is 107 Å². The van der Waals surface area contributed by atoms with Crippen LogP contribution >= 0.6 is 45.2 Å². The van der Waals surface area contributed by atoms with Crippen molar-refractivity contribution in [1.29, 1.82) is 10.5 Å². The minimum Gasteiger partial charge on any atom is -0.255 e. The SMILES string of the molecule is N#Cc1ccccc1N=Cc1ccc(I)cc1.N#Cc1ccccc1N=Cc1ccc(I)cc1. The van der Waals surface area contributed by atoms with E-state index in [-0.39, 0.29) is 0 Å². The molecule has 164 valence electrons. The molecule has 34 heavy (non-hydrogen) atoms. The highest BCUT2D eigenvalue weighted by Crippen LogP contribution is 2.18. The number of aliphatic imine (C=N–C) groups is 2. The van der Waals surface area contributed by atoms with Gasteiger partial charge in [0.05, 0.1) is 22.5 Å². The maximum atomic E-state index is 8.93. The molecule has 4 nitrogen and oxygen atoms in total. The van der Waals surface area contributed by atoms with E-state index in [9.17, 15) is 0 Å². The molecule has 0 fully saturated rings. The first-order valence-electron chi connectivity index (χ1n) is 10.2. The van der Waals surface area contributed by atoms with Gasteiger partial charge in [-0.15, -0.1) is 0 Å². The van der Waals surface area contributed by atoms with Crippen LogP contribution in [0.3, 0.4) is 0 Å². The Morgan fingerprint density at radius 3 is 1.24 bits per heavy atom. The first-order chi connectivity index (χ1) is 16.6. The van der Waals surface area contributed by atoms with Crippen molar-refractivity contribution in [2.24, 2.45) is 9.98 Å². The lowest BCUT2D eigenvalue weighted by Crippen LogP contribution is -1.81. The van der Waals surface area contributed by atoms with Crippen molar-refractivity contribution in [3.8, 4) is 12.1 Å². The highest BCUT2D eigenvalue weighted by atomic mass is 127. The van der Waals surface area contributed by atoms with E-state index in [2.05, 4.69) is 67.3 Å². The van der Waals surface area contributed by atoms with Crippen molar-refractivity contribution in [2.45, 2.75) is 0 Å². The quantitative estimate of drug-likeness (QED) is 0.165. The molecule has 0 aliphatic heterocycles. The van der Waals surface area contributed by atoms with Gasteiger partial charge in [-0.2, -0.15) is 10.5 Å². The summed E-state index contributed by atoms with van der Waals surface area (Å²) in [6.45, 7) is 0. The molecule has 4 aromatic carbocycles. The molecule has 0 aliphatic rings. The molecule has 0 unspecified atom stereocenters. The summed E-state index contributed by atoms with van der Waals surface area (Å²) in [5.41, 5.74) is 4.64. The topological polar surface area (TPSA) is 72.3 Å². The fourth-order valence-electron chi connectivity index (χ4n) is 2.75. The van der Waals surface area contributed by atoms with Crippen LogP contribution in [0.4, 0.5) is 11.4 Å². The number of benzene rings is 4. The van der Waals surface area contributed by atoms with Crippen molar-refractivity contribution < 1.29 is 0 Å². The molecule has 0 saturated carbocycles. The van der Waals surface area contributed by atoms with Gasteiger partial charge in [0.2, 0.25) is 0 Å². The molecule has 0 aromatic heterocycles. The number of halogens is 2. The summed E-state index contributed by atoms with van der Waals surface area (Å²) in [6.07, 6.45) is 3.54. The van der Waals surface area contributed by atoms with Crippen LogP contribution in [0.5, 0.6) is 0 Å². The van der Waals surface area contributed by atoms with Gasteiger partial charge in [-0.25, -0.2) is 0 Å². The highest BCUT2D eigenvalue weighted by molar-refractivity contribution is 14.1. The van der Waals surface area contributed by atoms with Gasteiger partial charge in [-0.05, 0) is 105 Å². The van der Waals surface area contributed by atoms with Crippen molar-refractivity contribution in [3.05, 3.63) is 126 Å². The number of hydrogen-bond acceptors (Lipinski definition) is 4. The summed E-state index contributed by atoms with van der Waals surface area (Å²) in [5.74, 6) is 0. The second-order valence-electron chi connectivity index (χ2n) is 6.88. The fourth-order valence-corrected chi connectivity index (χ4v) is 3.47. The van der Waals surface area contributed by atoms with E-state index >= 15 is 0 Å². The largest absolute Gasteiger partial charge is 0.255 e. The number of nitriles is 2. The lowest BCUT2D eigenvalue weighted by molar-refractivity contribution is 1.44. The molecule has 0 radical (unpaired) electrons. The zero-order valence-electron chi connectivity index (χ0n) is 17.9. The van der Waals surface area contributed by atoms with Crippen LogP contribution in [-0.2, 0) is 0 Å². The minimum atomic E-state index is 0.592. The Hall–Kier alpha value is -3.34. The van der Waals surface area contributed by atoms with E-state index < -0.39 is 0 Å². The van der Waals surface area contributed by atoms with E-state index in [0.29, 0.717) is 22.5 Å². The van der Waals surface area contributed by atoms with E-state index in [0.717, 1.165) is 11.1 Å². The Labute approximate surface area is 226 Å². The van der Waals surface area contributed by atoms with Crippen molar-refractivity contribution in [3.63, 3.8) is 0 Å². The molecule has 0 heterocycles. The lowest BCUT2D eigenvalue weighted by Gasteiger charge is -1.96. The first-order valence-corrected chi connectivity index (χ1v) is 12.3. The predicted molar refractivity (Wildman–Crippen MR) is 155 cm³/mol. The zero-order valence-corrected chi connectivity index (χ0v) is 22.3. The summed E-state index contributed by atoms with van der Waals surface area (Å²) in [7, 11) is 0. The molecular formula is C28H18I2N4.